The van der Waals surface area contributed by atoms with Crippen molar-refractivity contribution in [2.24, 2.45) is 0 Å². The Balaban J connectivity index is 2.07. The number of nitrogens with one attached hydrogen (secondary N) is 1. The lowest BCUT2D eigenvalue weighted by molar-refractivity contribution is 0.0658. The highest BCUT2D eigenvalue weighted by atomic mass is 19.1. The first-order chi connectivity index (χ1) is 10.9. The van der Waals surface area contributed by atoms with Crippen LogP contribution in [0.4, 0.5) is 4.39 Å². The van der Waals surface area contributed by atoms with Gasteiger partial charge in [-0.2, -0.15) is 0 Å². The van der Waals surface area contributed by atoms with E-state index in [2.05, 4.69) is 5.32 Å². The van der Waals surface area contributed by atoms with Crippen LogP contribution in [-0.4, -0.2) is 34.7 Å². The van der Waals surface area contributed by atoms with E-state index in [0.29, 0.717) is 11.1 Å². The van der Waals surface area contributed by atoms with Crippen LogP contribution < -0.4 is 5.32 Å². The minimum Gasteiger partial charge on any atom is -0.475 e. The van der Waals surface area contributed by atoms with Gasteiger partial charge in [0.25, 0.3) is 5.91 Å². The Labute approximate surface area is 131 Å². The quantitative estimate of drug-likeness (QED) is 0.753. The number of hydrogen-bond donors (Lipinski definition) is 3. The van der Waals surface area contributed by atoms with Crippen molar-refractivity contribution in [3.05, 3.63) is 58.8 Å². The second-order valence-electron chi connectivity index (χ2n) is 5.11. The molecule has 6 nitrogen and oxygen atoms in total. The van der Waals surface area contributed by atoms with Gasteiger partial charge in [0.05, 0.1) is 12.6 Å². The van der Waals surface area contributed by atoms with E-state index < -0.39 is 23.7 Å². The van der Waals surface area contributed by atoms with Crippen molar-refractivity contribution in [3.63, 3.8) is 0 Å². The minimum absolute atomic E-state index is 0.155. The first kappa shape index (κ1) is 16.7. The molecule has 0 aliphatic carbocycles. The molecule has 0 fully saturated rings. The van der Waals surface area contributed by atoms with Gasteiger partial charge in [0, 0.05) is 5.56 Å². The number of aromatic carboxylic acids is 1. The van der Waals surface area contributed by atoms with Crippen molar-refractivity contribution in [2.75, 3.05) is 6.61 Å². The van der Waals surface area contributed by atoms with Crippen LogP contribution in [0.3, 0.4) is 0 Å². The van der Waals surface area contributed by atoms with Crippen molar-refractivity contribution in [3.8, 4) is 0 Å². The molecule has 1 unspecified atom stereocenters. The van der Waals surface area contributed by atoms with Gasteiger partial charge in [-0.1, -0.05) is 12.1 Å². The summed E-state index contributed by atoms with van der Waals surface area (Å²) in [6.45, 7) is 1.16. The van der Waals surface area contributed by atoms with E-state index in [9.17, 15) is 19.1 Å². The third-order valence-electron chi connectivity index (χ3n) is 3.26. The van der Waals surface area contributed by atoms with Gasteiger partial charge >= 0.3 is 5.97 Å². The van der Waals surface area contributed by atoms with Gasteiger partial charge in [-0.25, -0.2) is 9.18 Å². The van der Waals surface area contributed by atoms with E-state index in [0.717, 1.165) is 0 Å². The summed E-state index contributed by atoms with van der Waals surface area (Å²) < 4.78 is 18.2. The fraction of sp³-hybridized carbons (Fsp3) is 0.250. The number of carboxylic acids is 1. The summed E-state index contributed by atoms with van der Waals surface area (Å²) in [5, 5.41) is 20.8. The molecule has 1 atom stereocenters. The lowest BCUT2D eigenvalue weighted by Gasteiger charge is -2.15. The van der Waals surface area contributed by atoms with Crippen LogP contribution in [0.15, 0.2) is 34.7 Å². The number of carboxylic acid groups (broad SMARTS) is 1. The van der Waals surface area contributed by atoms with Gasteiger partial charge in [0.1, 0.15) is 5.82 Å². The number of carbonyl (C=O) groups excluding carboxylic acids is 1. The number of halogens is 1. The first-order valence-electron chi connectivity index (χ1n) is 6.90. The molecule has 0 bridgehead atoms. The molecule has 1 aromatic heterocycles. The van der Waals surface area contributed by atoms with Crippen molar-refractivity contribution in [1.82, 2.24) is 5.32 Å². The zero-order chi connectivity index (χ0) is 17.0. The summed E-state index contributed by atoms with van der Waals surface area (Å²) in [5.41, 5.74) is 0.944. The monoisotopic (exact) mass is 321 g/mol. The summed E-state index contributed by atoms with van der Waals surface area (Å²) >= 11 is 0. The molecule has 0 aliphatic heterocycles. The molecule has 0 saturated carbocycles. The summed E-state index contributed by atoms with van der Waals surface area (Å²) in [6.07, 6.45) is 0.228. The number of aryl methyl sites for hydroxylation is 1. The molecule has 0 radical (unpaired) electrons. The van der Waals surface area contributed by atoms with E-state index in [-0.39, 0.29) is 24.5 Å². The highest BCUT2D eigenvalue weighted by Gasteiger charge is 2.21. The maximum atomic E-state index is 13.2. The van der Waals surface area contributed by atoms with E-state index in [4.69, 9.17) is 9.52 Å². The molecule has 1 heterocycles. The maximum absolute atomic E-state index is 13.2. The van der Waals surface area contributed by atoms with Crippen LogP contribution >= 0.6 is 0 Å². The molecule has 0 saturated heterocycles. The standard InChI is InChI=1S/C16H16FNO5/c1-9-5-13(23-14(9)16(21)22)15(20)18-12(8-19)7-10-3-2-4-11(17)6-10/h2-6,12,19H,7-8H2,1H3,(H,18,20)(H,21,22). The molecular weight excluding hydrogens is 305 g/mol. The second kappa shape index (κ2) is 7.06. The number of aliphatic hydroxyl groups is 1. The third kappa shape index (κ3) is 4.17. The highest BCUT2D eigenvalue weighted by molar-refractivity contribution is 5.94. The van der Waals surface area contributed by atoms with Crippen LogP contribution in [0.2, 0.25) is 0 Å². The Morgan fingerprint density at radius 1 is 1.35 bits per heavy atom. The fourth-order valence-corrected chi connectivity index (χ4v) is 2.17. The Bertz CT molecular complexity index is 725. The van der Waals surface area contributed by atoms with Gasteiger partial charge in [0.2, 0.25) is 5.76 Å². The second-order valence-corrected chi connectivity index (χ2v) is 5.11. The van der Waals surface area contributed by atoms with Crippen LogP contribution in [0, 0.1) is 12.7 Å². The molecule has 0 aliphatic rings. The Morgan fingerprint density at radius 3 is 2.65 bits per heavy atom. The summed E-state index contributed by atoms with van der Waals surface area (Å²) in [4.78, 5) is 23.0. The lowest BCUT2D eigenvalue weighted by Crippen LogP contribution is -2.39. The number of amides is 1. The molecule has 2 rings (SSSR count). The smallest absolute Gasteiger partial charge is 0.372 e. The van der Waals surface area contributed by atoms with Crippen molar-refractivity contribution in [1.29, 1.82) is 0 Å². The first-order valence-corrected chi connectivity index (χ1v) is 6.90. The molecule has 7 heteroatoms. The fourth-order valence-electron chi connectivity index (χ4n) is 2.17. The zero-order valence-electron chi connectivity index (χ0n) is 12.4. The number of carbonyl (C=O) groups is 2. The molecule has 23 heavy (non-hydrogen) atoms. The number of furan rings is 1. The van der Waals surface area contributed by atoms with Crippen LogP contribution in [0.25, 0.3) is 0 Å². The summed E-state index contributed by atoms with van der Waals surface area (Å²) in [7, 11) is 0. The van der Waals surface area contributed by atoms with Crippen LogP contribution in [-0.2, 0) is 6.42 Å². The Morgan fingerprint density at radius 2 is 2.09 bits per heavy atom. The number of benzene rings is 1. The van der Waals surface area contributed by atoms with Gasteiger partial charge in [-0.05, 0) is 37.1 Å². The topological polar surface area (TPSA) is 99.8 Å². The predicted molar refractivity (Wildman–Crippen MR) is 78.8 cm³/mol. The predicted octanol–water partition coefficient (Wildman–Crippen LogP) is 1.76. The van der Waals surface area contributed by atoms with Gasteiger partial charge in [-0.3, -0.25) is 4.79 Å². The number of aliphatic hydroxyl groups excluding tert-OH is 1. The van der Waals surface area contributed by atoms with Gasteiger partial charge in [-0.15, -0.1) is 0 Å². The third-order valence-corrected chi connectivity index (χ3v) is 3.26. The molecule has 0 spiro atoms. The Kier molecular flexibility index (Phi) is 5.13. The van der Waals surface area contributed by atoms with Crippen molar-refractivity contribution >= 4 is 11.9 Å². The molecule has 1 amide bonds. The normalized spacial score (nSPS) is 12.0. The highest BCUT2D eigenvalue weighted by Crippen LogP contribution is 2.15. The molecular formula is C16H16FNO5. The largest absolute Gasteiger partial charge is 0.475 e. The average molecular weight is 321 g/mol. The van der Waals surface area contributed by atoms with Gasteiger partial charge in [0.15, 0.2) is 5.76 Å². The van der Waals surface area contributed by atoms with Crippen LogP contribution in [0.5, 0.6) is 0 Å². The molecule has 3 N–H and O–H groups in total. The van der Waals surface area contributed by atoms with Crippen molar-refractivity contribution < 1.29 is 28.6 Å². The van der Waals surface area contributed by atoms with Crippen molar-refractivity contribution in [2.45, 2.75) is 19.4 Å². The lowest BCUT2D eigenvalue weighted by atomic mass is 10.1. The minimum atomic E-state index is -1.26. The number of rotatable bonds is 6. The molecule has 2 aromatic rings. The van der Waals surface area contributed by atoms with E-state index in [1.807, 2.05) is 0 Å². The van der Waals surface area contributed by atoms with Gasteiger partial charge < -0.3 is 19.9 Å². The maximum Gasteiger partial charge on any atom is 0.372 e. The summed E-state index contributed by atoms with van der Waals surface area (Å²) in [5.74, 6) is -2.77. The Hall–Kier alpha value is -2.67. The van der Waals surface area contributed by atoms with E-state index >= 15 is 0 Å². The van der Waals surface area contributed by atoms with E-state index in [1.165, 1.54) is 31.2 Å². The average Bonchev–Trinajstić information content (AvgIpc) is 2.89. The molecule has 122 valence electrons. The van der Waals surface area contributed by atoms with Crippen LogP contribution in [0.1, 0.15) is 32.2 Å². The van der Waals surface area contributed by atoms with E-state index in [1.54, 1.807) is 6.07 Å². The SMILES string of the molecule is Cc1cc(C(=O)NC(CO)Cc2cccc(F)c2)oc1C(=O)O. The zero-order valence-corrected chi connectivity index (χ0v) is 12.4. The summed E-state index contributed by atoms with van der Waals surface area (Å²) in [6, 6.07) is 6.50. The molecule has 1 aromatic carbocycles. The number of hydrogen-bond acceptors (Lipinski definition) is 4.